The first-order valence-corrected chi connectivity index (χ1v) is 9.44. The molecular formula is C16H21NO5S. The maximum Gasteiger partial charge on any atom is 0.298 e. The maximum absolute atomic E-state index is 12.8. The summed E-state index contributed by atoms with van der Waals surface area (Å²) in [6.07, 6.45) is 4.16. The van der Waals surface area contributed by atoms with Gasteiger partial charge in [-0.05, 0) is 36.8 Å². The second-order valence-electron chi connectivity index (χ2n) is 7.00. The molecule has 0 N–H and O–H groups in total. The highest BCUT2D eigenvalue weighted by atomic mass is 32.2. The number of nitrogens with zero attached hydrogens (tertiary/aromatic N) is 1. The highest BCUT2D eigenvalue weighted by Gasteiger charge is 2.36. The van der Waals surface area contributed by atoms with Crippen LogP contribution in [0.2, 0.25) is 0 Å². The molecule has 23 heavy (non-hydrogen) atoms. The van der Waals surface area contributed by atoms with Crippen molar-refractivity contribution >= 4 is 21.3 Å². The van der Waals surface area contributed by atoms with E-state index in [-0.39, 0.29) is 22.7 Å². The van der Waals surface area contributed by atoms with E-state index in [1.54, 1.807) is 0 Å². The Hall–Kier alpha value is -1.76. The molecule has 0 aromatic heterocycles. The van der Waals surface area contributed by atoms with Crippen molar-refractivity contribution in [3.63, 3.8) is 0 Å². The molecule has 1 fully saturated rings. The molecule has 1 aromatic carbocycles. The lowest BCUT2D eigenvalue weighted by Crippen LogP contribution is -2.28. The Labute approximate surface area is 136 Å². The summed E-state index contributed by atoms with van der Waals surface area (Å²) in [6.45, 7) is 4.15. The summed E-state index contributed by atoms with van der Waals surface area (Å²) in [4.78, 5) is 23.0. The van der Waals surface area contributed by atoms with E-state index in [1.807, 2.05) is 0 Å². The van der Waals surface area contributed by atoms with E-state index in [2.05, 4.69) is 13.8 Å². The molecule has 1 aromatic rings. The Morgan fingerprint density at radius 1 is 1.35 bits per heavy atom. The van der Waals surface area contributed by atoms with Crippen molar-refractivity contribution < 1.29 is 18.1 Å². The lowest BCUT2D eigenvalue weighted by molar-refractivity contribution is -0.388. The van der Waals surface area contributed by atoms with Crippen molar-refractivity contribution in [3.05, 3.63) is 33.9 Å². The molecule has 0 amide bonds. The molecule has 6 nitrogen and oxygen atoms in total. The van der Waals surface area contributed by atoms with E-state index in [9.17, 15) is 23.3 Å². The topological polar surface area (TPSA) is 94.3 Å². The van der Waals surface area contributed by atoms with Gasteiger partial charge in [0.05, 0.1) is 10.5 Å². The molecule has 1 saturated carbocycles. The minimum atomic E-state index is -3.78. The number of sulfone groups is 1. The largest absolute Gasteiger partial charge is 0.298 e. The Morgan fingerprint density at radius 3 is 2.52 bits per heavy atom. The Balaban J connectivity index is 2.51. The second-order valence-corrected chi connectivity index (χ2v) is 8.99. The highest BCUT2D eigenvalue weighted by Crippen LogP contribution is 2.41. The molecule has 0 radical (unpaired) electrons. The van der Waals surface area contributed by atoms with Gasteiger partial charge in [0.25, 0.3) is 5.69 Å². The van der Waals surface area contributed by atoms with Crippen molar-refractivity contribution in [2.75, 3.05) is 6.26 Å². The third-order valence-corrected chi connectivity index (χ3v) is 5.55. The third-order valence-electron chi connectivity index (χ3n) is 4.42. The summed E-state index contributed by atoms with van der Waals surface area (Å²) in [7, 11) is -3.78. The van der Waals surface area contributed by atoms with Crippen molar-refractivity contribution in [3.8, 4) is 0 Å². The van der Waals surface area contributed by atoms with Gasteiger partial charge in [-0.25, -0.2) is 8.42 Å². The van der Waals surface area contributed by atoms with Crippen LogP contribution in [0.25, 0.3) is 0 Å². The van der Waals surface area contributed by atoms with Crippen molar-refractivity contribution in [1.82, 2.24) is 0 Å². The number of carbonyl (C=O) groups is 1. The number of para-hydroxylation sites is 1. The number of carbonyl (C=O) groups excluding carboxylic acids is 1. The first-order chi connectivity index (χ1) is 10.5. The van der Waals surface area contributed by atoms with Crippen LogP contribution in [0.4, 0.5) is 5.69 Å². The average Bonchev–Trinajstić information content (AvgIpc) is 2.43. The molecule has 2 rings (SSSR count). The number of benzene rings is 1. The smallest absolute Gasteiger partial charge is 0.294 e. The summed E-state index contributed by atoms with van der Waals surface area (Å²) in [6, 6.07) is 3.93. The number of rotatable bonds is 4. The van der Waals surface area contributed by atoms with E-state index < -0.39 is 25.3 Å². The molecule has 1 aliphatic rings. The molecule has 1 atom stereocenters. The van der Waals surface area contributed by atoms with Gasteiger partial charge < -0.3 is 0 Å². The average molecular weight is 339 g/mol. The molecule has 126 valence electrons. The third kappa shape index (κ3) is 3.77. The number of ketones is 1. The summed E-state index contributed by atoms with van der Waals surface area (Å²) in [5.74, 6) is -0.623. The molecular weight excluding hydrogens is 318 g/mol. The van der Waals surface area contributed by atoms with E-state index >= 15 is 0 Å². The fourth-order valence-electron chi connectivity index (χ4n) is 3.35. The van der Waals surface area contributed by atoms with Crippen LogP contribution in [-0.2, 0) is 9.84 Å². The Bertz CT molecular complexity index is 752. The van der Waals surface area contributed by atoms with Crippen LogP contribution in [0.3, 0.4) is 0 Å². The van der Waals surface area contributed by atoms with Gasteiger partial charge in [0.15, 0.2) is 15.6 Å². The summed E-state index contributed by atoms with van der Waals surface area (Å²) < 4.78 is 23.6. The van der Waals surface area contributed by atoms with Crippen LogP contribution in [0, 0.1) is 21.4 Å². The molecule has 1 aliphatic carbocycles. The van der Waals surface area contributed by atoms with Gasteiger partial charge in [-0.1, -0.05) is 26.3 Å². The first-order valence-electron chi connectivity index (χ1n) is 7.54. The zero-order valence-electron chi connectivity index (χ0n) is 13.5. The number of nitro benzene ring substituents is 1. The Morgan fingerprint density at radius 2 is 2.00 bits per heavy atom. The quantitative estimate of drug-likeness (QED) is 0.476. The molecule has 1 unspecified atom stereocenters. The van der Waals surface area contributed by atoms with E-state index in [4.69, 9.17) is 0 Å². The zero-order valence-corrected chi connectivity index (χ0v) is 14.4. The van der Waals surface area contributed by atoms with Gasteiger partial charge in [0.2, 0.25) is 0 Å². The number of hydrogen-bond acceptors (Lipinski definition) is 5. The van der Waals surface area contributed by atoms with E-state index in [0.29, 0.717) is 12.8 Å². The molecule has 0 heterocycles. The highest BCUT2D eigenvalue weighted by molar-refractivity contribution is 7.90. The van der Waals surface area contributed by atoms with Crippen LogP contribution in [0.1, 0.15) is 49.9 Å². The summed E-state index contributed by atoms with van der Waals surface area (Å²) in [5, 5.41) is 11.4. The van der Waals surface area contributed by atoms with Crippen molar-refractivity contribution in [2.45, 2.75) is 44.4 Å². The van der Waals surface area contributed by atoms with Gasteiger partial charge in [-0.15, -0.1) is 0 Å². The lowest BCUT2D eigenvalue weighted by Gasteiger charge is -2.34. The Kier molecular flexibility index (Phi) is 4.61. The molecule has 0 saturated heterocycles. The van der Waals surface area contributed by atoms with Crippen LogP contribution in [0.15, 0.2) is 23.1 Å². The molecule has 0 aliphatic heterocycles. The predicted octanol–water partition coefficient (Wildman–Crippen LogP) is 3.40. The van der Waals surface area contributed by atoms with E-state index in [1.165, 1.54) is 18.2 Å². The SMILES string of the molecule is CC1(C)CCCC(C(=O)c2cccc(S(C)(=O)=O)c2[N+](=O)[O-])C1. The van der Waals surface area contributed by atoms with Crippen LogP contribution < -0.4 is 0 Å². The summed E-state index contributed by atoms with van der Waals surface area (Å²) in [5.41, 5.74) is -0.675. The van der Waals surface area contributed by atoms with Gasteiger partial charge in [0, 0.05) is 12.2 Å². The monoisotopic (exact) mass is 339 g/mol. The standard InChI is InChI=1S/C16H21NO5S/c1-16(2)9-5-6-11(10-16)15(18)12-7-4-8-13(23(3,21)22)14(12)17(19)20/h4,7-8,11H,5-6,9-10H2,1-3H3. The number of nitro groups is 1. The molecule has 0 bridgehead atoms. The zero-order chi connectivity index (χ0) is 17.4. The molecule has 0 spiro atoms. The first kappa shape index (κ1) is 17.6. The van der Waals surface area contributed by atoms with Gasteiger partial charge in [0.1, 0.15) is 4.90 Å². The van der Waals surface area contributed by atoms with Crippen LogP contribution in [0.5, 0.6) is 0 Å². The van der Waals surface area contributed by atoms with Crippen LogP contribution in [-0.4, -0.2) is 25.4 Å². The number of hydrogen-bond donors (Lipinski definition) is 0. The summed E-state index contributed by atoms with van der Waals surface area (Å²) >= 11 is 0. The maximum atomic E-state index is 12.8. The van der Waals surface area contributed by atoms with E-state index in [0.717, 1.165) is 19.1 Å². The fourth-order valence-corrected chi connectivity index (χ4v) is 4.21. The normalized spacial score (nSPS) is 20.9. The lowest BCUT2D eigenvalue weighted by atomic mass is 9.70. The van der Waals surface area contributed by atoms with Gasteiger partial charge >= 0.3 is 0 Å². The predicted molar refractivity (Wildman–Crippen MR) is 86.3 cm³/mol. The number of Topliss-reactive ketones (excluding diaryl/α,β-unsaturated/α-hetero) is 1. The second kappa shape index (κ2) is 6.03. The van der Waals surface area contributed by atoms with Gasteiger partial charge in [-0.2, -0.15) is 0 Å². The van der Waals surface area contributed by atoms with Crippen molar-refractivity contribution in [1.29, 1.82) is 0 Å². The minimum Gasteiger partial charge on any atom is -0.294 e. The van der Waals surface area contributed by atoms with Gasteiger partial charge in [-0.3, -0.25) is 14.9 Å². The minimum absolute atomic E-state index is 0.0157. The fraction of sp³-hybridized carbons (Fsp3) is 0.562. The van der Waals surface area contributed by atoms with Crippen LogP contribution >= 0.6 is 0 Å². The molecule has 7 heteroatoms. The van der Waals surface area contributed by atoms with Crippen molar-refractivity contribution in [2.24, 2.45) is 11.3 Å².